The third-order valence-corrected chi connectivity index (χ3v) is 5.67. The second-order valence-electron chi connectivity index (χ2n) is 5.29. The highest BCUT2D eigenvalue weighted by molar-refractivity contribution is 9.10. The van der Waals surface area contributed by atoms with Crippen molar-refractivity contribution in [3.63, 3.8) is 0 Å². The number of rotatable bonds is 5. The summed E-state index contributed by atoms with van der Waals surface area (Å²) in [5.41, 5.74) is 1.28. The fourth-order valence-electron chi connectivity index (χ4n) is 2.30. The van der Waals surface area contributed by atoms with E-state index in [0.717, 1.165) is 5.02 Å². The van der Waals surface area contributed by atoms with Crippen LogP contribution in [0.25, 0.3) is 0 Å². The van der Waals surface area contributed by atoms with Crippen LogP contribution in [0.2, 0.25) is 5.02 Å². The van der Waals surface area contributed by atoms with E-state index in [9.17, 15) is 0 Å². The van der Waals surface area contributed by atoms with Gasteiger partial charge in [0, 0.05) is 26.5 Å². The molecule has 2 aromatic rings. The van der Waals surface area contributed by atoms with E-state index in [1.54, 1.807) is 11.3 Å². The Bertz CT molecular complexity index is 550. The fourth-order valence-corrected chi connectivity index (χ4v) is 4.16. The molecule has 1 aromatic carbocycles. The van der Waals surface area contributed by atoms with Gasteiger partial charge in [0.15, 0.2) is 0 Å². The van der Waals surface area contributed by atoms with Crippen LogP contribution in [0.3, 0.4) is 0 Å². The summed E-state index contributed by atoms with van der Waals surface area (Å²) in [4.78, 5) is 1.34. The van der Waals surface area contributed by atoms with Crippen LogP contribution in [0.4, 0.5) is 0 Å². The average molecular weight is 373 g/mol. The predicted molar refractivity (Wildman–Crippen MR) is 92.6 cm³/mol. The molecule has 0 aliphatic heterocycles. The molecule has 1 N–H and O–H groups in total. The molecule has 2 atom stereocenters. The molecule has 0 bridgehead atoms. The van der Waals surface area contributed by atoms with Gasteiger partial charge in [-0.05, 0) is 57.9 Å². The maximum absolute atomic E-state index is 5.98. The lowest BCUT2D eigenvalue weighted by Gasteiger charge is -2.27. The molecule has 2 unspecified atom stereocenters. The van der Waals surface area contributed by atoms with Gasteiger partial charge < -0.3 is 5.32 Å². The molecule has 1 aromatic heterocycles. The van der Waals surface area contributed by atoms with Crippen molar-refractivity contribution >= 4 is 38.9 Å². The molecule has 0 radical (unpaired) electrons. The van der Waals surface area contributed by atoms with E-state index >= 15 is 0 Å². The van der Waals surface area contributed by atoms with E-state index < -0.39 is 0 Å². The van der Waals surface area contributed by atoms with Crippen LogP contribution in [0.1, 0.15) is 43.3 Å². The number of halogens is 2. The lowest BCUT2D eigenvalue weighted by atomic mass is 9.95. The third-order valence-electron chi connectivity index (χ3n) is 3.36. The molecule has 20 heavy (non-hydrogen) atoms. The number of hydrogen-bond acceptors (Lipinski definition) is 2. The monoisotopic (exact) mass is 371 g/mol. The van der Waals surface area contributed by atoms with Crippen molar-refractivity contribution in [1.82, 2.24) is 5.32 Å². The minimum atomic E-state index is 0.312. The lowest BCUT2D eigenvalue weighted by molar-refractivity contribution is 0.376. The molecule has 0 spiro atoms. The zero-order chi connectivity index (χ0) is 14.7. The Kier molecular flexibility index (Phi) is 5.67. The number of nitrogens with one attached hydrogen (secondary N) is 1. The van der Waals surface area contributed by atoms with Gasteiger partial charge in [-0.2, -0.15) is 0 Å². The number of thiophene rings is 1. The maximum Gasteiger partial charge on any atom is 0.0406 e. The molecule has 4 heteroatoms. The van der Waals surface area contributed by atoms with Gasteiger partial charge in [-0.3, -0.25) is 0 Å². The summed E-state index contributed by atoms with van der Waals surface area (Å²) in [6, 6.07) is 10.9. The van der Waals surface area contributed by atoms with Crippen LogP contribution >= 0.6 is 38.9 Å². The molecular weight excluding hydrogens is 354 g/mol. The fraction of sp³-hybridized carbons (Fsp3) is 0.375. The summed E-state index contributed by atoms with van der Waals surface area (Å²) in [6.45, 7) is 6.69. The van der Waals surface area contributed by atoms with Crippen LogP contribution in [0.5, 0.6) is 0 Å². The second-order valence-corrected chi connectivity index (χ2v) is 7.53. The van der Waals surface area contributed by atoms with E-state index in [1.807, 2.05) is 12.1 Å². The Morgan fingerprint density at radius 2 is 1.75 bits per heavy atom. The first-order chi connectivity index (χ1) is 9.49. The van der Waals surface area contributed by atoms with E-state index in [1.165, 1.54) is 14.9 Å². The zero-order valence-corrected chi connectivity index (χ0v) is 15.0. The standard InChI is InChI=1S/C16H19BrClNS/c1-10(2)15(12-4-6-13(18)7-5-12)19-11(3)16-14(17)8-9-20-16/h4-11,15,19H,1-3H3. The van der Waals surface area contributed by atoms with Gasteiger partial charge in [0.05, 0.1) is 0 Å². The molecule has 0 fully saturated rings. The highest BCUT2D eigenvalue weighted by Crippen LogP contribution is 2.32. The molecule has 0 amide bonds. The molecule has 0 aliphatic rings. The van der Waals surface area contributed by atoms with Crippen molar-refractivity contribution in [2.24, 2.45) is 5.92 Å². The Balaban J connectivity index is 2.18. The van der Waals surface area contributed by atoms with Crippen LogP contribution in [-0.4, -0.2) is 0 Å². The van der Waals surface area contributed by atoms with Gasteiger partial charge in [0.2, 0.25) is 0 Å². The topological polar surface area (TPSA) is 12.0 Å². The SMILES string of the molecule is CC(NC(c1ccc(Cl)cc1)C(C)C)c1sccc1Br. The van der Waals surface area contributed by atoms with Crippen molar-refractivity contribution in [2.75, 3.05) is 0 Å². The first-order valence-electron chi connectivity index (χ1n) is 6.73. The molecular formula is C16H19BrClNS. The van der Waals surface area contributed by atoms with Gasteiger partial charge >= 0.3 is 0 Å². The van der Waals surface area contributed by atoms with Crippen LogP contribution in [0.15, 0.2) is 40.2 Å². The van der Waals surface area contributed by atoms with Gasteiger partial charge in [-0.25, -0.2) is 0 Å². The molecule has 0 aliphatic carbocycles. The Morgan fingerprint density at radius 1 is 1.10 bits per heavy atom. The maximum atomic E-state index is 5.98. The number of hydrogen-bond donors (Lipinski definition) is 1. The normalized spacial score (nSPS) is 14.5. The van der Waals surface area contributed by atoms with Gasteiger partial charge in [0.1, 0.15) is 0 Å². The van der Waals surface area contributed by atoms with Crippen molar-refractivity contribution in [3.8, 4) is 0 Å². The summed E-state index contributed by atoms with van der Waals surface area (Å²) in [6.07, 6.45) is 0. The second kappa shape index (κ2) is 7.08. The smallest absolute Gasteiger partial charge is 0.0406 e. The van der Waals surface area contributed by atoms with E-state index in [4.69, 9.17) is 11.6 Å². The summed E-state index contributed by atoms with van der Waals surface area (Å²) >= 11 is 11.4. The molecule has 1 heterocycles. The van der Waals surface area contributed by atoms with Crippen molar-refractivity contribution < 1.29 is 0 Å². The summed E-state index contributed by atoms with van der Waals surface area (Å²) in [7, 11) is 0. The Labute approximate surface area is 138 Å². The average Bonchev–Trinajstić information content (AvgIpc) is 2.83. The van der Waals surface area contributed by atoms with Gasteiger partial charge in [0.25, 0.3) is 0 Å². The Hall–Kier alpha value is -0.350. The molecule has 2 rings (SSSR count). The number of benzene rings is 1. The van der Waals surface area contributed by atoms with Crippen LogP contribution in [0, 0.1) is 5.92 Å². The minimum absolute atomic E-state index is 0.312. The van der Waals surface area contributed by atoms with E-state index in [0.29, 0.717) is 18.0 Å². The van der Waals surface area contributed by atoms with Crippen molar-refractivity contribution in [1.29, 1.82) is 0 Å². The van der Waals surface area contributed by atoms with E-state index in [-0.39, 0.29) is 0 Å². The summed E-state index contributed by atoms with van der Waals surface area (Å²) in [5.74, 6) is 0.511. The summed E-state index contributed by atoms with van der Waals surface area (Å²) in [5, 5.41) is 6.63. The molecule has 0 saturated carbocycles. The largest absolute Gasteiger partial charge is 0.302 e. The Morgan fingerprint density at radius 3 is 2.25 bits per heavy atom. The predicted octanol–water partition coefficient (Wildman–Crippen LogP) is 6.21. The highest BCUT2D eigenvalue weighted by atomic mass is 79.9. The molecule has 108 valence electrons. The third kappa shape index (κ3) is 3.85. The molecule has 0 saturated heterocycles. The van der Waals surface area contributed by atoms with E-state index in [2.05, 4.69) is 65.6 Å². The minimum Gasteiger partial charge on any atom is -0.302 e. The van der Waals surface area contributed by atoms with Crippen LogP contribution in [-0.2, 0) is 0 Å². The quantitative estimate of drug-likeness (QED) is 0.657. The highest BCUT2D eigenvalue weighted by Gasteiger charge is 2.20. The first-order valence-corrected chi connectivity index (χ1v) is 8.78. The van der Waals surface area contributed by atoms with Gasteiger partial charge in [-0.1, -0.05) is 37.6 Å². The first kappa shape index (κ1) is 16.0. The van der Waals surface area contributed by atoms with Crippen LogP contribution < -0.4 is 5.32 Å². The van der Waals surface area contributed by atoms with Gasteiger partial charge in [-0.15, -0.1) is 11.3 Å². The van der Waals surface area contributed by atoms with Crippen molar-refractivity contribution in [2.45, 2.75) is 32.9 Å². The zero-order valence-electron chi connectivity index (χ0n) is 11.9. The van der Waals surface area contributed by atoms with Crippen molar-refractivity contribution in [3.05, 3.63) is 55.6 Å². The summed E-state index contributed by atoms with van der Waals surface area (Å²) < 4.78 is 1.18. The molecule has 1 nitrogen and oxygen atoms in total. The lowest BCUT2D eigenvalue weighted by Crippen LogP contribution is -2.28.